The van der Waals surface area contributed by atoms with Crippen LogP contribution in [0.15, 0.2) is 29.2 Å². The average molecular weight is 239 g/mol. The Morgan fingerprint density at radius 2 is 2.12 bits per heavy atom. The fourth-order valence-electron chi connectivity index (χ4n) is 1.84. The van der Waals surface area contributed by atoms with Gasteiger partial charge in [-0.3, -0.25) is 4.21 Å². The second-order valence-electron chi connectivity index (χ2n) is 4.01. The highest BCUT2D eigenvalue weighted by atomic mass is 32.2. The Labute approximate surface area is 98.7 Å². The molecule has 0 aromatic heterocycles. The Morgan fingerprint density at radius 1 is 1.38 bits per heavy atom. The van der Waals surface area contributed by atoms with Crippen LogP contribution in [0.2, 0.25) is 0 Å². The Balaban J connectivity index is 2.02. The van der Waals surface area contributed by atoms with Gasteiger partial charge < -0.3 is 10.1 Å². The Bertz CT molecular complexity index is 375. The van der Waals surface area contributed by atoms with E-state index in [4.69, 9.17) is 4.74 Å². The molecule has 1 heterocycles. The van der Waals surface area contributed by atoms with Gasteiger partial charge in [0.2, 0.25) is 0 Å². The molecule has 16 heavy (non-hydrogen) atoms. The molecule has 3 nitrogen and oxygen atoms in total. The quantitative estimate of drug-likeness (QED) is 0.877. The van der Waals surface area contributed by atoms with Crippen molar-refractivity contribution in [3.63, 3.8) is 0 Å². The Morgan fingerprint density at radius 3 is 2.81 bits per heavy atom. The highest BCUT2D eigenvalue weighted by Gasteiger charge is 2.13. The molecule has 1 saturated heterocycles. The maximum absolute atomic E-state index is 11.4. The predicted octanol–water partition coefficient (Wildman–Crippen LogP) is 2.01. The van der Waals surface area contributed by atoms with Gasteiger partial charge >= 0.3 is 0 Å². The molecular formula is C12H17NO2S. The molecule has 0 aliphatic carbocycles. The van der Waals surface area contributed by atoms with E-state index in [2.05, 4.69) is 5.32 Å². The van der Waals surface area contributed by atoms with Crippen LogP contribution >= 0.6 is 0 Å². The van der Waals surface area contributed by atoms with E-state index in [-0.39, 0.29) is 0 Å². The first-order valence-electron chi connectivity index (χ1n) is 5.53. The first-order valence-corrected chi connectivity index (χ1v) is 7.09. The summed E-state index contributed by atoms with van der Waals surface area (Å²) in [7, 11) is -0.910. The number of nitrogens with one attached hydrogen (secondary N) is 1. The van der Waals surface area contributed by atoms with E-state index < -0.39 is 10.8 Å². The minimum atomic E-state index is -0.910. The maximum Gasteiger partial charge on any atom is 0.0498 e. The summed E-state index contributed by atoms with van der Waals surface area (Å²) in [6.07, 6.45) is 3.78. The summed E-state index contributed by atoms with van der Waals surface area (Å²) >= 11 is 0. The number of benzene rings is 1. The van der Waals surface area contributed by atoms with E-state index in [1.165, 1.54) is 0 Å². The van der Waals surface area contributed by atoms with Gasteiger partial charge in [-0.15, -0.1) is 0 Å². The molecule has 2 rings (SSSR count). The fraction of sp³-hybridized carbons (Fsp3) is 0.500. The van der Waals surface area contributed by atoms with E-state index in [9.17, 15) is 4.21 Å². The van der Waals surface area contributed by atoms with Crippen LogP contribution in [0.4, 0.5) is 5.69 Å². The van der Waals surface area contributed by atoms with Gasteiger partial charge in [0, 0.05) is 46.9 Å². The summed E-state index contributed by atoms with van der Waals surface area (Å²) in [5, 5.41) is 3.46. The van der Waals surface area contributed by atoms with Gasteiger partial charge in [0.05, 0.1) is 0 Å². The van der Waals surface area contributed by atoms with Crippen molar-refractivity contribution in [2.75, 3.05) is 24.8 Å². The van der Waals surface area contributed by atoms with Crippen molar-refractivity contribution in [1.82, 2.24) is 0 Å². The van der Waals surface area contributed by atoms with Crippen LogP contribution in [0.1, 0.15) is 12.8 Å². The standard InChI is InChI=1S/C12H17NO2S/c1-16(14)12-4-2-3-11(9-12)13-10-5-7-15-8-6-10/h2-4,9-10,13H,5-8H2,1H3. The van der Waals surface area contributed by atoms with Gasteiger partial charge in [-0.2, -0.15) is 0 Å². The monoisotopic (exact) mass is 239 g/mol. The zero-order valence-corrected chi connectivity index (χ0v) is 10.3. The van der Waals surface area contributed by atoms with Crippen LogP contribution in [-0.4, -0.2) is 29.7 Å². The van der Waals surface area contributed by atoms with Crippen molar-refractivity contribution in [2.45, 2.75) is 23.8 Å². The van der Waals surface area contributed by atoms with E-state index in [1.807, 2.05) is 24.3 Å². The maximum atomic E-state index is 11.4. The second-order valence-corrected chi connectivity index (χ2v) is 5.39. The Kier molecular flexibility index (Phi) is 3.96. The third-order valence-electron chi connectivity index (χ3n) is 2.76. The number of rotatable bonds is 3. The molecule has 4 heteroatoms. The van der Waals surface area contributed by atoms with Crippen molar-refractivity contribution in [1.29, 1.82) is 0 Å². The second kappa shape index (κ2) is 5.46. The normalized spacial score (nSPS) is 19.3. The van der Waals surface area contributed by atoms with Crippen molar-refractivity contribution >= 4 is 16.5 Å². The summed E-state index contributed by atoms with van der Waals surface area (Å²) in [4.78, 5) is 0.872. The highest BCUT2D eigenvalue weighted by Crippen LogP contribution is 2.17. The van der Waals surface area contributed by atoms with E-state index in [1.54, 1.807) is 6.26 Å². The summed E-state index contributed by atoms with van der Waals surface area (Å²) in [5.74, 6) is 0. The Hall–Kier alpha value is -0.870. The van der Waals surface area contributed by atoms with E-state index in [0.29, 0.717) is 6.04 Å². The number of anilines is 1. The minimum Gasteiger partial charge on any atom is -0.382 e. The molecule has 1 aliphatic rings. The van der Waals surface area contributed by atoms with Gasteiger partial charge in [0.25, 0.3) is 0 Å². The summed E-state index contributed by atoms with van der Waals surface area (Å²) in [6, 6.07) is 8.30. The van der Waals surface area contributed by atoms with Crippen LogP contribution in [-0.2, 0) is 15.5 Å². The molecule has 88 valence electrons. The van der Waals surface area contributed by atoms with Crippen molar-refractivity contribution in [3.8, 4) is 0 Å². The lowest BCUT2D eigenvalue weighted by Gasteiger charge is -2.24. The van der Waals surface area contributed by atoms with Crippen LogP contribution in [0, 0.1) is 0 Å². The lowest BCUT2D eigenvalue weighted by Crippen LogP contribution is -2.27. The van der Waals surface area contributed by atoms with E-state index >= 15 is 0 Å². The molecule has 0 amide bonds. The van der Waals surface area contributed by atoms with Crippen molar-refractivity contribution in [3.05, 3.63) is 24.3 Å². The molecule has 0 bridgehead atoms. The minimum absolute atomic E-state index is 0.481. The zero-order valence-electron chi connectivity index (χ0n) is 9.44. The lowest BCUT2D eigenvalue weighted by atomic mass is 10.1. The highest BCUT2D eigenvalue weighted by molar-refractivity contribution is 7.84. The number of hydrogen-bond acceptors (Lipinski definition) is 3. The molecule has 1 aliphatic heterocycles. The molecular weight excluding hydrogens is 222 g/mol. The van der Waals surface area contributed by atoms with Gasteiger partial charge in [-0.05, 0) is 31.0 Å². The largest absolute Gasteiger partial charge is 0.382 e. The zero-order chi connectivity index (χ0) is 11.4. The summed E-state index contributed by atoms with van der Waals surface area (Å²) in [5.41, 5.74) is 1.06. The van der Waals surface area contributed by atoms with Crippen molar-refractivity contribution in [2.24, 2.45) is 0 Å². The summed E-state index contributed by atoms with van der Waals surface area (Å²) in [6.45, 7) is 1.66. The van der Waals surface area contributed by atoms with E-state index in [0.717, 1.165) is 36.6 Å². The van der Waals surface area contributed by atoms with Crippen LogP contribution in [0.25, 0.3) is 0 Å². The molecule has 1 fully saturated rings. The molecule has 1 aromatic carbocycles. The SMILES string of the molecule is CS(=O)c1cccc(NC2CCOCC2)c1. The molecule has 0 spiro atoms. The van der Waals surface area contributed by atoms with Gasteiger partial charge in [0.1, 0.15) is 0 Å². The first kappa shape index (κ1) is 11.6. The molecule has 1 atom stereocenters. The van der Waals surface area contributed by atoms with Gasteiger partial charge in [-0.1, -0.05) is 6.07 Å². The topological polar surface area (TPSA) is 38.3 Å². The van der Waals surface area contributed by atoms with Crippen LogP contribution in [0.3, 0.4) is 0 Å². The third kappa shape index (κ3) is 3.06. The molecule has 1 N–H and O–H groups in total. The van der Waals surface area contributed by atoms with Crippen LogP contribution in [0.5, 0.6) is 0 Å². The summed E-state index contributed by atoms with van der Waals surface area (Å²) < 4.78 is 16.7. The molecule has 1 aromatic rings. The molecule has 0 saturated carbocycles. The number of ether oxygens (including phenoxy) is 1. The lowest BCUT2D eigenvalue weighted by molar-refractivity contribution is 0.0904. The third-order valence-corrected chi connectivity index (χ3v) is 3.68. The van der Waals surface area contributed by atoms with Gasteiger partial charge in [-0.25, -0.2) is 0 Å². The number of hydrogen-bond donors (Lipinski definition) is 1. The fourth-order valence-corrected chi connectivity index (χ4v) is 2.41. The molecule has 0 radical (unpaired) electrons. The molecule has 1 unspecified atom stereocenters. The smallest absolute Gasteiger partial charge is 0.0498 e. The van der Waals surface area contributed by atoms with Gasteiger partial charge in [0.15, 0.2) is 0 Å². The average Bonchev–Trinajstić information content (AvgIpc) is 2.30. The van der Waals surface area contributed by atoms with Crippen LogP contribution < -0.4 is 5.32 Å². The predicted molar refractivity (Wildman–Crippen MR) is 66.2 cm³/mol. The van der Waals surface area contributed by atoms with Crippen molar-refractivity contribution < 1.29 is 8.95 Å². The first-order chi connectivity index (χ1) is 7.75.